The molecule has 0 aliphatic heterocycles. The van der Waals surface area contributed by atoms with Crippen LogP contribution >= 0.6 is 0 Å². The second-order valence-corrected chi connectivity index (χ2v) is 3.94. The van der Waals surface area contributed by atoms with E-state index in [9.17, 15) is 4.79 Å². The van der Waals surface area contributed by atoms with Gasteiger partial charge in [0, 0.05) is 13.5 Å². The first kappa shape index (κ1) is 14.5. The molecule has 100 valence electrons. The van der Waals surface area contributed by atoms with E-state index in [-0.39, 0.29) is 5.91 Å². The van der Waals surface area contributed by atoms with Gasteiger partial charge in [-0.3, -0.25) is 4.79 Å². The van der Waals surface area contributed by atoms with Crippen LogP contribution in [0.25, 0.3) is 0 Å². The van der Waals surface area contributed by atoms with Crippen molar-refractivity contribution in [3.05, 3.63) is 29.8 Å². The summed E-state index contributed by atoms with van der Waals surface area (Å²) in [5.74, 6) is 0.839. The number of hydrogen-bond donors (Lipinski definition) is 1. The molecule has 18 heavy (non-hydrogen) atoms. The third-order valence-corrected chi connectivity index (χ3v) is 2.42. The normalized spacial score (nSPS) is 10.1. The highest BCUT2D eigenvalue weighted by molar-refractivity contribution is 5.72. The van der Waals surface area contributed by atoms with Gasteiger partial charge in [0.2, 0.25) is 5.91 Å². The van der Waals surface area contributed by atoms with E-state index in [1.807, 2.05) is 18.2 Å². The summed E-state index contributed by atoms with van der Waals surface area (Å²) in [6, 6.07) is 8.05. The van der Waals surface area contributed by atoms with Crippen molar-refractivity contribution in [2.24, 2.45) is 0 Å². The van der Waals surface area contributed by atoms with Crippen molar-refractivity contribution in [2.45, 2.75) is 20.3 Å². The topological polar surface area (TPSA) is 47.6 Å². The summed E-state index contributed by atoms with van der Waals surface area (Å²) in [7, 11) is 0. The monoisotopic (exact) mass is 251 g/mol. The van der Waals surface area contributed by atoms with Crippen LogP contribution in [0.4, 0.5) is 0 Å². The summed E-state index contributed by atoms with van der Waals surface area (Å²) < 4.78 is 10.9. The van der Waals surface area contributed by atoms with Crippen LogP contribution in [-0.4, -0.2) is 32.3 Å². The van der Waals surface area contributed by atoms with E-state index in [0.29, 0.717) is 26.4 Å². The predicted molar refractivity (Wildman–Crippen MR) is 70.8 cm³/mol. The van der Waals surface area contributed by atoms with Crippen molar-refractivity contribution >= 4 is 5.91 Å². The molecule has 1 aromatic carbocycles. The van der Waals surface area contributed by atoms with Crippen molar-refractivity contribution in [2.75, 3.05) is 26.4 Å². The number of carbonyl (C=O) groups is 1. The van der Waals surface area contributed by atoms with E-state index < -0.39 is 0 Å². The number of hydrogen-bond acceptors (Lipinski definition) is 3. The van der Waals surface area contributed by atoms with Gasteiger partial charge in [-0.15, -0.1) is 0 Å². The van der Waals surface area contributed by atoms with Crippen LogP contribution in [0.3, 0.4) is 0 Å². The maximum atomic E-state index is 10.6. The lowest BCUT2D eigenvalue weighted by Gasteiger charge is -2.08. The summed E-state index contributed by atoms with van der Waals surface area (Å²) in [6.45, 7) is 5.70. The van der Waals surface area contributed by atoms with Gasteiger partial charge in [-0.2, -0.15) is 0 Å². The lowest BCUT2D eigenvalue weighted by molar-refractivity contribution is -0.119. The van der Waals surface area contributed by atoms with Crippen molar-refractivity contribution in [3.63, 3.8) is 0 Å². The minimum absolute atomic E-state index is 0.0359. The van der Waals surface area contributed by atoms with Gasteiger partial charge in [0.25, 0.3) is 0 Å². The molecule has 0 aromatic heterocycles. The first-order valence-electron chi connectivity index (χ1n) is 6.26. The van der Waals surface area contributed by atoms with Crippen LogP contribution in [-0.2, 0) is 16.0 Å². The largest absolute Gasteiger partial charge is 0.491 e. The summed E-state index contributed by atoms with van der Waals surface area (Å²) in [5, 5.41) is 2.66. The number of ether oxygens (including phenoxy) is 2. The average molecular weight is 251 g/mol. The molecule has 0 saturated carbocycles. The van der Waals surface area contributed by atoms with Crippen LogP contribution in [0.1, 0.15) is 19.4 Å². The van der Waals surface area contributed by atoms with E-state index in [1.54, 1.807) is 0 Å². The predicted octanol–water partition coefficient (Wildman–Crippen LogP) is 1.78. The molecule has 4 nitrogen and oxygen atoms in total. The average Bonchev–Trinajstić information content (AvgIpc) is 2.37. The molecule has 0 radical (unpaired) electrons. The molecular weight excluding hydrogens is 230 g/mol. The Morgan fingerprint density at radius 3 is 2.83 bits per heavy atom. The molecule has 1 aromatic rings. The second kappa shape index (κ2) is 8.53. The Kier molecular flexibility index (Phi) is 6.87. The number of benzene rings is 1. The summed E-state index contributed by atoms with van der Waals surface area (Å²) in [5.41, 5.74) is 1.26. The maximum absolute atomic E-state index is 10.6. The lowest BCUT2D eigenvalue weighted by atomic mass is 10.2. The number of rotatable bonds is 8. The molecule has 0 bridgehead atoms. The minimum Gasteiger partial charge on any atom is -0.491 e. The van der Waals surface area contributed by atoms with E-state index in [2.05, 4.69) is 18.3 Å². The molecule has 1 N–H and O–H groups in total. The van der Waals surface area contributed by atoms with Crippen molar-refractivity contribution in [3.8, 4) is 5.75 Å². The fraction of sp³-hybridized carbons (Fsp3) is 0.500. The van der Waals surface area contributed by atoms with Gasteiger partial charge >= 0.3 is 0 Å². The van der Waals surface area contributed by atoms with Crippen LogP contribution in [0, 0.1) is 0 Å². The molecule has 0 fully saturated rings. The first-order valence-corrected chi connectivity index (χ1v) is 6.26. The van der Waals surface area contributed by atoms with Gasteiger partial charge in [-0.05, 0) is 24.1 Å². The number of aryl methyl sites for hydroxylation is 1. The van der Waals surface area contributed by atoms with Crippen molar-refractivity contribution in [1.82, 2.24) is 5.32 Å². The van der Waals surface area contributed by atoms with E-state index in [4.69, 9.17) is 9.47 Å². The highest BCUT2D eigenvalue weighted by atomic mass is 16.5. The Hall–Kier alpha value is -1.55. The van der Waals surface area contributed by atoms with Gasteiger partial charge in [0.15, 0.2) is 0 Å². The quantitative estimate of drug-likeness (QED) is 0.716. The fourth-order valence-corrected chi connectivity index (χ4v) is 1.47. The van der Waals surface area contributed by atoms with Crippen molar-refractivity contribution < 1.29 is 14.3 Å². The SMILES string of the molecule is CCc1cccc(OCCOCCNC(C)=O)c1. The fourth-order valence-electron chi connectivity index (χ4n) is 1.47. The number of carbonyl (C=O) groups excluding carboxylic acids is 1. The van der Waals surface area contributed by atoms with Crippen LogP contribution in [0.15, 0.2) is 24.3 Å². The number of nitrogens with one attached hydrogen (secondary N) is 1. The Bertz CT molecular complexity index is 366. The second-order valence-electron chi connectivity index (χ2n) is 3.94. The smallest absolute Gasteiger partial charge is 0.216 e. The summed E-state index contributed by atoms with van der Waals surface area (Å²) in [6.07, 6.45) is 1.00. The van der Waals surface area contributed by atoms with E-state index in [0.717, 1.165) is 12.2 Å². The standard InChI is InChI=1S/C14H21NO3/c1-3-13-5-4-6-14(11-13)18-10-9-17-8-7-15-12(2)16/h4-6,11H,3,7-10H2,1-2H3,(H,15,16). The third kappa shape index (κ3) is 6.25. The zero-order valence-electron chi connectivity index (χ0n) is 11.1. The molecule has 1 rings (SSSR count). The van der Waals surface area contributed by atoms with Gasteiger partial charge in [-0.25, -0.2) is 0 Å². The summed E-state index contributed by atoms with van der Waals surface area (Å²) >= 11 is 0. The Morgan fingerprint density at radius 2 is 2.11 bits per heavy atom. The van der Waals surface area contributed by atoms with Gasteiger partial charge in [0.05, 0.1) is 13.2 Å². The van der Waals surface area contributed by atoms with Crippen LogP contribution < -0.4 is 10.1 Å². The van der Waals surface area contributed by atoms with Gasteiger partial charge < -0.3 is 14.8 Å². The molecule has 0 aliphatic rings. The molecular formula is C14H21NO3. The van der Waals surface area contributed by atoms with Crippen molar-refractivity contribution in [1.29, 1.82) is 0 Å². The van der Waals surface area contributed by atoms with Crippen LogP contribution in [0.2, 0.25) is 0 Å². The zero-order valence-corrected chi connectivity index (χ0v) is 11.1. The highest BCUT2D eigenvalue weighted by Gasteiger charge is 1.96. The Labute approximate surface area is 108 Å². The molecule has 1 amide bonds. The lowest BCUT2D eigenvalue weighted by Crippen LogP contribution is -2.25. The maximum Gasteiger partial charge on any atom is 0.216 e. The Morgan fingerprint density at radius 1 is 1.28 bits per heavy atom. The van der Waals surface area contributed by atoms with Crippen LogP contribution in [0.5, 0.6) is 5.75 Å². The van der Waals surface area contributed by atoms with Gasteiger partial charge in [-0.1, -0.05) is 19.1 Å². The molecule has 0 spiro atoms. The molecule has 4 heteroatoms. The highest BCUT2D eigenvalue weighted by Crippen LogP contribution is 2.13. The molecule has 0 unspecified atom stereocenters. The number of amides is 1. The zero-order chi connectivity index (χ0) is 13.2. The molecule has 0 heterocycles. The van der Waals surface area contributed by atoms with E-state index in [1.165, 1.54) is 12.5 Å². The van der Waals surface area contributed by atoms with E-state index >= 15 is 0 Å². The molecule has 0 aliphatic carbocycles. The molecule has 0 atom stereocenters. The summed E-state index contributed by atoms with van der Waals surface area (Å²) in [4.78, 5) is 10.6. The molecule has 0 saturated heterocycles. The first-order chi connectivity index (χ1) is 8.72. The van der Waals surface area contributed by atoms with Gasteiger partial charge in [0.1, 0.15) is 12.4 Å². The third-order valence-electron chi connectivity index (χ3n) is 2.42. The minimum atomic E-state index is -0.0359. The Balaban J connectivity index is 2.08.